The molecule has 0 N–H and O–H groups in total. The van der Waals surface area contributed by atoms with Gasteiger partial charge < -0.3 is 9.80 Å². The Kier molecular flexibility index (Phi) is 12.4. The van der Waals surface area contributed by atoms with E-state index in [1.807, 2.05) is 0 Å². The van der Waals surface area contributed by atoms with E-state index in [1.165, 1.54) is 185 Å². The van der Waals surface area contributed by atoms with E-state index in [0.717, 1.165) is 6.42 Å². The van der Waals surface area contributed by atoms with Gasteiger partial charge in [0.15, 0.2) is 0 Å². The summed E-state index contributed by atoms with van der Waals surface area (Å²) in [6, 6.07) is 61.7. The SMILES string of the molecule is CCC(C)c1ccc2c(c1)c(N(c1ccccc1)c1ccc(C3CCCCC3)cc1)cc1c3ccc(C4CCCCC4)cc3c(N(c3ccccc3)c3ccc(C4CCCCC4)cc3)cc21. The Morgan fingerprint density at radius 3 is 1.18 bits per heavy atom. The zero-order valence-corrected chi connectivity index (χ0v) is 39.5. The number of rotatable bonds is 11. The van der Waals surface area contributed by atoms with Crippen LogP contribution in [0.25, 0.3) is 32.3 Å². The van der Waals surface area contributed by atoms with Crippen LogP contribution in [0.3, 0.4) is 0 Å². The molecule has 1 unspecified atom stereocenters. The molecule has 2 nitrogen and oxygen atoms in total. The Labute approximate surface area is 394 Å². The van der Waals surface area contributed by atoms with Crippen LogP contribution in [0.15, 0.2) is 158 Å². The predicted octanol–water partition coefficient (Wildman–Crippen LogP) is 19.7. The molecule has 334 valence electrons. The van der Waals surface area contributed by atoms with Crippen molar-refractivity contribution in [2.24, 2.45) is 0 Å². The van der Waals surface area contributed by atoms with Crippen LogP contribution in [0.1, 0.15) is 163 Å². The molecule has 1 atom stereocenters. The van der Waals surface area contributed by atoms with Gasteiger partial charge in [-0.3, -0.25) is 0 Å². The van der Waals surface area contributed by atoms with Crippen LogP contribution in [0.2, 0.25) is 0 Å². The monoisotopic (exact) mass is 865 g/mol. The van der Waals surface area contributed by atoms with E-state index in [1.54, 1.807) is 0 Å². The molecule has 3 fully saturated rings. The van der Waals surface area contributed by atoms with Gasteiger partial charge in [-0.1, -0.05) is 157 Å². The molecule has 0 amide bonds. The summed E-state index contributed by atoms with van der Waals surface area (Å²) in [6.07, 6.45) is 21.0. The van der Waals surface area contributed by atoms with Crippen LogP contribution in [0.5, 0.6) is 0 Å². The van der Waals surface area contributed by atoms with Crippen molar-refractivity contribution >= 4 is 66.4 Å². The lowest BCUT2D eigenvalue weighted by atomic mass is 9.82. The highest BCUT2D eigenvalue weighted by Gasteiger charge is 2.26. The first-order valence-corrected chi connectivity index (χ1v) is 26.0. The van der Waals surface area contributed by atoms with Crippen molar-refractivity contribution in [1.29, 1.82) is 0 Å². The summed E-state index contributed by atoms with van der Waals surface area (Å²) in [7, 11) is 0. The van der Waals surface area contributed by atoms with E-state index in [9.17, 15) is 0 Å². The smallest absolute Gasteiger partial charge is 0.0546 e. The minimum atomic E-state index is 0.452. The summed E-state index contributed by atoms with van der Waals surface area (Å²) in [5, 5.41) is 7.86. The van der Waals surface area contributed by atoms with E-state index in [-0.39, 0.29) is 0 Å². The van der Waals surface area contributed by atoms with E-state index < -0.39 is 0 Å². The quantitative estimate of drug-likeness (QED) is 0.120. The lowest BCUT2D eigenvalue weighted by Crippen LogP contribution is -2.13. The summed E-state index contributed by atoms with van der Waals surface area (Å²) in [5.41, 5.74) is 13.2. The van der Waals surface area contributed by atoms with Crippen molar-refractivity contribution < 1.29 is 0 Å². The summed E-state index contributed by atoms with van der Waals surface area (Å²) >= 11 is 0. The maximum atomic E-state index is 2.60. The van der Waals surface area contributed by atoms with Crippen LogP contribution in [0, 0.1) is 0 Å². The lowest BCUT2D eigenvalue weighted by Gasteiger charge is -2.31. The molecule has 0 heterocycles. The van der Waals surface area contributed by atoms with E-state index in [0.29, 0.717) is 23.7 Å². The van der Waals surface area contributed by atoms with Crippen LogP contribution in [-0.4, -0.2) is 0 Å². The fourth-order valence-electron chi connectivity index (χ4n) is 12.3. The van der Waals surface area contributed by atoms with Gasteiger partial charge in [-0.15, -0.1) is 0 Å². The topological polar surface area (TPSA) is 6.48 Å². The second-order valence-corrected chi connectivity index (χ2v) is 20.3. The molecular weight excluding hydrogens is 797 g/mol. The molecule has 0 aromatic heterocycles. The number of hydrogen-bond acceptors (Lipinski definition) is 2. The van der Waals surface area contributed by atoms with Crippen LogP contribution in [0.4, 0.5) is 34.1 Å². The molecule has 3 saturated carbocycles. The fraction of sp³-hybridized carbons (Fsp3) is 0.344. The molecule has 3 aliphatic carbocycles. The summed E-state index contributed by atoms with van der Waals surface area (Å²) < 4.78 is 0. The highest BCUT2D eigenvalue weighted by molar-refractivity contribution is 6.24. The Bertz CT molecular complexity index is 2900. The van der Waals surface area contributed by atoms with Crippen molar-refractivity contribution in [2.45, 2.75) is 140 Å². The Hall–Kier alpha value is -5.86. The molecule has 0 aliphatic heterocycles. The minimum Gasteiger partial charge on any atom is -0.310 e. The highest BCUT2D eigenvalue weighted by Crippen LogP contribution is 2.50. The molecular formula is C64H68N2. The van der Waals surface area contributed by atoms with Crippen LogP contribution in [-0.2, 0) is 0 Å². The van der Waals surface area contributed by atoms with Gasteiger partial charge >= 0.3 is 0 Å². The molecule has 3 aliphatic rings. The molecule has 0 bridgehead atoms. The van der Waals surface area contributed by atoms with Gasteiger partial charge in [0.05, 0.1) is 11.4 Å². The highest BCUT2D eigenvalue weighted by atomic mass is 15.2. The third-order valence-electron chi connectivity index (χ3n) is 16.3. The van der Waals surface area contributed by atoms with Gasteiger partial charge in [0.25, 0.3) is 0 Å². The van der Waals surface area contributed by atoms with E-state index in [4.69, 9.17) is 0 Å². The first-order chi connectivity index (χ1) is 32.6. The fourth-order valence-corrected chi connectivity index (χ4v) is 12.3. The summed E-state index contributed by atoms with van der Waals surface area (Å²) in [5.74, 6) is 2.39. The molecule has 0 spiro atoms. The van der Waals surface area contributed by atoms with Gasteiger partial charge in [0.1, 0.15) is 0 Å². The van der Waals surface area contributed by atoms with Crippen molar-refractivity contribution in [1.82, 2.24) is 0 Å². The van der Waals surface area contributed by atoms with Gasteiger partial charge in [-0.2, -0.15) is 0 Å². The Balaban J connectivity index is 1.17. The normalized spacial score (nSPS) is 17.1. The molecule has 2 heteroatoms. The molecule has 8 aromatic carbocycles. The summed E-state index contributed by atoms with van der Waals surface area (Å²) in [6.45, 7) is 4.70. The maximum absolute atomic E-state index is 2.60. The average molecular weight is 865 g/mol. The van der Waals surface area contributed by atoms with Crippen LogP contribution >= 0.6 is 0 Å². The standard InChI is InChI=1S/C64H68N2/c1-3-45(2)51-33-39-57-59-44-64(66(54-27-17-8-18-28-54)56-37-31-50(32-38-56)47-21-11-5-12-22-47)62-42-52(48-23-13-6-14-24-48)34-40-58(62)60(59)43-63(61(57)41-51)65(53-25-15-7-16-26-53)55-35-29-49(30-36-55)46-19-9-4-10-20-46/h7-8,15-18,25-48H,3-6,9-14,19-24H2,1-2H3. The van der Waals surface area contributed by atoms with Crippen LogP contribution < -0.4 is 9.80 Å². The lowest BCUT2D eigenvalue weighted by molar-refractivity contribution is 0.443. The van der Waals surface area contributed by atoms with E-state index in [2.05, 4.69) is 181 Å². The molecule has 11 rings (SSSR count). The van der Waals surface area contributed by atoms with Crippen molar-refractivity contribution in [3.63, 3.8) is 0 Å². The van der Waals surface area contributed by atoms with Gasteiger partial charge in [-0.25, -0.2) is 0 Å². The predicted molar refractivity (Wildman–Crippen MR) is 285 cm³/mol. The number of anilines is 6. The Morgan fingerprint density at radius 1 is 0.364 bits per heavy atom. The maximum Gasteiger partial charge on any atom is 0.0546 e. The minimum absolute atomic E-state index is 0.452. The zero-order valence-electron chi connectivity index (χ0n) is 39.5. The van der Waals surface area contributed by atoms with Gasteiger partial charge in [0, 0.05) is 33.5 Å². The van der Waals surface area contributed by atoms with Gasteiger partial charge in [-0.05, 0) is 185 Å². The Morgan fingerprint density at radius 2 is 0.742 bits per heavy atom. The van der Waals surface area contributed by atoms with Crippen molar-refractivity contribution in [2.75, 3.05) is 9.80 Å². The second kappa shape index (κ2) is 19.2. The second-order valence-electron chi connectivity index (χ2n) is 20.3. The number of nitrogens with zero attached hydrogens (tertiary/aromatic N) is 2. The molecule has 66 heavy (non-hydrogen) atoms. The average Bonchev–Trinajstić information content (AvgIpc) is 3.40. The largest absolute Gasteiger partial charge is 0.310 e. The molecule has 0 radical (unpaired) electrons. The summed E-state index contributed by atoms with van der Waals surface area (Å²) in [4.78, 5) is 5.11. The first-order valence-electron chi connectivity index (χ1n) is 26.0. The molecule has 0 saturated heterocycles. The zero-order chi connectivity index (χ0) is 44.4. The molecule has 8 aromatic rings. The number of hydrogen-bond donors (Lipinski definition) is 0. The number of para-hydroxylation sites is 2. The van der Waals surface area contributed by atoms with E-state index >= 15 is 0 Å². The third-order valence-corrected chi connectivity index (χ3v) is 16.3. The first kappa shape index (κ1) is 42.8. The number of fused-ring (bicyclic) bond motifs is 5. The third kappa shape index (κ3) is 8.42. The van der Waals surface area contributed by atoms with Crippen molar-refractivity contribution in [3.8, 4) is 0 Å². The van der Waals surface area contributed by atoms with Gasteiger partial charge in [0.2, 0.25) is 0 Å². The number of benzene rings is 8. The van der Waals surface area contributed by atoms with Crippen molar-refractivity contribution in [3.05, 3.63) is 180 Å².